The van der Waals surface area contributed by atoms with E-state index in [0.717, 1.165) is 44.9 Å². The number of ether oxygens (including phenoxy) is 2. The third-order valence-electron chi connectivity index (χ3n) is 5.55. The third-order valence-corrected chi connectivity index (χ3v) is 7.59. The number of methoxy groups -OCH3 is 1. The second-order valence-electron chi connectivity index (χ2n) is 7.49. The zero-order valence-electron chi connectivity index (χ0n) is 16.1. The maximum absolute atomic E-state index is 13.2. The molecule has 1 aliphatic heterocycles. The van der Waals surface area contributed by atoms with Crippen LogP contribution in [-0.2, 0) is 14.8 Å². The fourth-order valence-electron chi connectivity index (χ4n) is 3.96. The number of nitrogens with zero attached hydrogens (tertiary/aromatic N) is 1. The quantitative estimate of drug-likeness (QED) is 0.710. The Kier molecular flexibility index (Phi) is 6.42. The number of esters is 1. The molecule has 1 atom stereocenters. The standard InChI is InChI=1S/C20H29NO5S/c1-15-8-6-7-13-21(15)27(23,24)19-14-16(11-12-18(19)25-2)20(22)26-17-9-4-3-5-10-17/h11-12,14-15,17H,3-10,13H2,1-2H3/t15-/m0/s1. The molecular weight excluding hydrogens is 366 g/mol. The Morgan fingerprint density at radius 2 is 1.78 bits per heavy atom. The Balaban J connectivity index is 1.87. The molecule has 0 radical (unpaired) electrons. The molecule has 1 heterocycles. The van der Waals surface area contributed by atoms with Crippen LogP contribution in [0.1, 0.15) is 68.6 Å². The normalized spacial score (nSPS) is 22.4. The first-order valence-corrected chi connectivity index (χ1v) is 11.3. The van der Waals surface area contributed by atoms with Gasteiger partial charge in [0.25, 0.3) is 0 Å². The zero-order valence-corrected chi connectivity index (χ0v) is 17.0. The predicted octanol–water partition coefficient (Wildman–Crippen LogP) is 3.75. The van der Waals surface area contributed by atoms with Crippen LogP contribution >= 0.6 is 0 Å². The van der Waals surface area contributed by atoms with Crippen LogP contribution in [0.4, 0.5) is 0 Å². The number of sulfonamides is 1. The molecule has 27 heavy (non-hydrogen) atoms. The van der Waals surface area contributed by atoms with E-state index in [9.17, 15) is 13.2 Å². The number of hydrogen-bond donors (Lipinski definition) is 0. The van der Waals surface area contributed by atoms with Crippen molar-refractivity contribution in [3.05, 3.63) is 23.8 Å². The van der Waals surface area contributed by atoms with E-state index in [-0.39, 0.29) is 28.4 Å². The number of hydrogen-bond acceptors (Lipinski definition) is 5. The lowest BCUT2D eigenvalue weighted by Crippen LogP contribution is -2.42. The summed E-state index contributed by atoms with van der Waals surface area (Å²) in [5.74, 6) is -0.213. The highest BCUT2D eigenvalue weighted by atomic mass is 32.2. The van der Waals surface area contributed by atoms with E-state index in [1.807, 2.05) is 6.92 Å². The van der Waals surface area contributed by atoms with E-state index in [4.69, 9.17) is 9.47 Å². The van der Waals surface area contributed by atoms with Crippen LogP contribution in [0.15, 0.2) is 23.1 Å². The second-order valence-corrected chi connectivity index (χ2v) is 9.35. The summed E-state index contributed by atoms with van der Waals surface area (Å²) in [6.07, 6.45) is 7.68. The third kappa shape index (κ3) is 4.46. The summed E-state index contributed by atoms with van der Waals surface area (Å²) < 4.78 is 38.9. The highest BCUT2D eigenvalue weighted by Crippen LogP contribution is 2.32. The fourth-order valence-corrected chi connectivity index (χ4v) is 5.85. The predicted molar refractivity (Wildman–Crippen MR) is 102 cm³/mol. The van der Waals surface area contributed by atoms with Crippen molar-refractivity contribution in [2.24, 2.45) is 0 Å². The van der Waals surface area contributed by atoms with Gasteiger partial charge in [0, 0.05) is 12.6 Å². The van der Waals surface area contributed by atoms with Gasteiger partial charge in [-0.25, -0.2) is 13.2 Å². The van der Waals surface area contributed by atoms with Gasteiger partial charge in [-0.15, -0.1) is 0 Å². The highest BCUT2D eigenvalue weighted by molar-refractivity contribution is 7.89. The molecule has 150 valence electrons. The molecule has 0 spiro atoms. The smallest absolute Gasteiger partial charge is 0.338 e. The molecule has 2 fully saturated rings. The Bertz CT molecular complexity index is 771. The number of piperidine rings is 1. The van der Waals surface area contributed by atoms with Crippen LogP contribution in [0.3, 0.4) is 0 Å². The Hall–Kier alpha value is -1.60. The molecule has 0 amide bonds. The summed E-state index contributed by atoms with van der Waals surface area (Å²) >= 11 is 0. The Morgan fingerprint density at radius 3 is 2.44 bits per heavy atom. The van der Waals surface area contributed by atoms with E-state index in [1.165, 1.54) is 23.9 Å². The van der Waals surface area contributed by atoms with Crippen LogP contribution in [0, 0.1) is 0 Å². The van der Waals surface area contributed by atoms with Gasteiger partial charge < -0.3 is 9.47 Å². The van der Waals surface area contributed by atoms with E-state index >= 15 is 0 Å². The highest BCUT2D eigenvalue weighted by Gasteiger charge is 2.34. The molecule has 7 heteroatoms. The van der Waals surface area contributed by atoms with Gasteiger partial charge >= 0.3 is 5.97 Å². The molecule has 1 aromatic carbocycles. The SMILES string of the molecule is COc1ccc(C(=O)OC2CCCCC2)cc1S(=O)(=O)N1CCCC[C@@H]1C. The van der Waals surface area contributed by atoms with Crippen molar-refractivity contribution in [2.45, 2.75) is 75.3 Å². The summed E-state index contributed by atoms with van der Waals surface area (Å²) in [6, 6.07) is 4.45. The molecule has 0 unspecified atom stereocenters. The van der Waals surface area contributed by atoms with Crippen LogP contribution in [0.25, 0.3) is 0 Å². The van der Waals surface area contributed by atoms with Crippen LogP contribution in [0.2, 0.25) is 0 Å². The number of benzene rings is 1. The largest absolute Gasteiger partial charge is 0.495 e. The molecule has 1 saturated heterocycles. The first-order chi connectivity index (χ1) is 12.9. The number of carbonyl (C=O) groups excluding carboxylic acids is 1. The number of carbonyl (C=O) groups is 1. The summed E-state index contributed by atoms with van der Waals surface area (Å²) in [4.78, 5) is 12.6. The summed E-state index contributed by atoms with van der Waals surface area (Å²) in [5, 5.41) is 0. The monoisotopic (exact) mass is 395 g/mol. The van der Waals surface area contributed by atoms with Crippen molar-refractivity contribution in [1.29, 1.82) is 0 Å². The molecule has 0 aromatic heterocycles. The minimum absolute atomic E-state index is 0.0387. The first kappa shape index (κ1) is 20.1. The topological polar surface area (TPSA) is 72.9 Å². The summed E-state index contributed by atoms with van der Waals surface area (Å²) in [6.45, 7) is 2.41. The van der Waals surface area contributed by atoms with Gasteiger partial charge in [-0.1, -0.05) is 12.8 Å². The molecule has 0 N–H and O–H groups in total. The second kappa shape index (κ2) is 8.61. The molecule has 3 rings (SSSR count). The molecule has 0 bridgehead atoms. The summed E-state index contributed by atoms with van der Waals surface area (Å²) in [7, 11) is -2.30. The van der Waals surface area contributed by atoms with Crippen molar-refractivity contribution in [1.82, 2.24) is 4.31 Å². The lowest BCUT2D eigenvalue weighted by molar-refractivity contribution is 0.0211. The maximum atomic E-state index is 13.2. The molecule has 1 aliphatic carbocycles. The Morgan fingerprint density at radius 1 is 1.07 bits per heavy atom. The van der Waals surface area contributed by atoms with E-state index in [2.05, 4.69) is 0 Å². The average Bonchev–Trinajstić information content (AvgIpc) is 2.68. The molecule has 6 nitrogen and oxygen atoms in total. The Labute approximate surface area is 161 Å². The van der Waals surface area contributed by atoms with Gasteiger partial charge in [0.15, 0.2) is 0 Å². The van der Waals surface area contributed by atoms with Crippen LogP contribution in [0.5, 0.6) is 5.75 Å². The van der Waals surface area contributed by atoms with E-state index < -0.39 is 16.0 Å². The average molecular weight is 396 g/mol. The van der Waals surface area contributed by atoms with Crippen molar-refractivity contribution in [3.8, 4) is 5.75 Å². The van der Waals surface area contributed by atoms with Crippen molar-refractivity contribution >= 4 is 16.0 Å². The minimum atomic E-state index is -3.74. The van der Waals surface area contributed by atoms with Crippen molar-refractivity contribution in [3.63, 3.8) is 0 Å². The lowest BCUT2D eigenvalue weighted by atomic mass is 9.98. The van der Waals surface area contributed by atoms with Crippen molar-refractivity contribution < 1.29 is 22.7 Å². The van der Waals surface area contributed by atoms with Gasteiger partial charge in [-0.3, -0.25) is 0 Å². The maximum Gasteiger partial charge on any atom is 0.338 e. The van der Waals surface area contributed by atoms with Gasteiger partial charge in [0.1, 0.15) is 16.7 Å². The summed E-state index contributed by atoms with van der Waals surface area (Å²) in [5.41, 5.74) is 0.254. The van der Waals surface area contributed by atoms with Crippen LogP contribution in [-0.4, -0.2) is 44.5 Å². The van der Waals surface area contributed by atoms with Crippen molar-refractivity contribution in [2.75, 3.05) is 13.7 Å². The van der Waals surface area contributed by atoms with E-state index in [1.54, 1.807) is 12.1 Å². The minimum Gasteiger partial charge on any atom is -0.495 e. The number of rotatable bonds is 5. The molecular formula is C20H29NO5S. The zero-order chi connectivity index (χ0) is 19.4. The first-order valence-electron chi connectivity index (χ1n) is 9.84. The van der Waals surface area contributed by atoms with Gasteiger partial charge in [-0.05, 0) is 63.6 Å². The van der Waals surface area contributed by atoms with Crippen LogP contribution < -0.4 is 4.74 Å². The molecule has 2 aliphatic rings. The van der Waals surface area contributed by atoms with Gasteiger partial charge in [0.05, 0.1) is 12.7 Å². The van der Waals surface area contributed by atoms with E-state index in [0.29, 0.717) is 6.54 Å². The van der Waals surface area contributed by atoms with Gasteiger partial charge in [-0.2, -0.15) is 4.31 Å². The molecule has 1 aromatic rings. The van der Waals surface area contributed by atoms with Gasteiger partial charge in [0.2, 0.25) is 10.0 Å². The molecule has 1 saturated carbocycles. The lowest BCUT2D eigenvalue weighted by Gasteiger charge is -2.32. The fraction of sp³-hybridized carbons (Fsp3) is 0.650.